The molecule has 0 aliphatic heterocycles. The van der Waals surface area contributed by atoms with Crippen LogP contribution in [-0.4, -0.2) is 17.0 Å². The molecule has 2 rings (SSSR count). The largest absolute Gasteiger partial charge is 0.454 e. The van der Waals surface area contributed by atoms with Crippen molar-refractivity contribution in [1.29, 1.82) is 0 Å². The van der Waals surface area contributed by atoms with Crippen molar-refractivity contribution in [3.05, 3.63) is 58.4 Å². The van der Waals surface area contributed by atoms with Gasteiger partial charge in [-0.05, 0) is 25.1 Å². The summed E-state index contributed by atoms with van der Waals surface area (Å²) in [4.78, 5) is 23.0. The minimum atomic E-state index is -0.246. The first-order valence-corrected chi connectivity index (χ1v) is 5.73. The Balaban J connectivity index is 2.14. The fourth-order valence-electron chi connectivity index (χ4n) is 1.59. The third-order valence-corrected chi connectivity index (χ3v) is 2.45. The summed E-state index contributed by atoms with van der Waals surface area (Å²) in [5.74, 6) is 0.588. The van der Waals surface area contributed by atoms with Crippen LogP contribution in [0.1, 0.15) is 23.2 Å². The predicted molar refractivity (Wildman–Crippen MR) is 66.5 cm³/mol. The van der Waals surface area contributed by atoms with Crippen LogP contribution in [-0.2, 0) is 6.54 Å². The molecule has 0 radical (unpaired) electrons. The number of nitrogens with one attached hydrogen (secondary N) is 1. The summed E-state index contributed by atoms with van der Waals surface area (Å²) in [6.45, 7) is 2.71. The van der Waals surface area contributed by atoms with Gasteiger partial charge in [-0.1, -0.05) is 6.07 Å². The van der Waals surface area contributed by atoms with Crippen LogP contribution < -0.4 is 10.9 Å². The molecule has 0 aliphatic carbocycles. The zero-order chi connectivity index (χ0) is 13.0. The van der Waals surface area contributed by atoms with Gasteiger partial charge in [0, 0.05) is 18.8 Å². The van der Waals surface area contributed by atoms with Crippen LogP contribution in [0.5, 0.6) is 0 Å². The van der Waals surface area contributed by atoms with Gasteiger partial charge in [-0.25, -0.2) is 0 Å². The van der Waals surface area contributed by atoms with Crippen molar-refractivity contribution >= 4 is 5.91 Å². The lowest BCUT2D eigenvalue weighted by Gasteiger charge is -2.01. The second-order valence-electron chi connectivity index (χ2n) is 3.79. The van der Waals surface area contributed by atoms with Crippen LogP contribution in [0.2, 0.25) is 0 Å². The molecule has 0 atom stereocenters. The van der Waals surface area contributed by atoms with Gasteiger partial charge in [0.15, 0.2) is 5.76 Å². The molecule has 0 saturated carbocycles. The molecule has 0 bridgehead atoms. The number of carbonyl (C=O) groups is 1. The number of nitrogens with zero attached hydrogens (tertiary/aromatic N) is 1. The number of rotatable bonds is 4. The van der Waals surface area contributed by atoms with Crippen molar-refractivity contribution in [2.75, 3.05) is 6.54 Å². The molecule has 2 heterocycles. The van der Waals surface area contributed by atoms with Crippen LogP contribution in [0.25, 0.3) is 0 Å². The average molecular weight is 246 g/mol. The summed E-state index contributed by atoms with van der Waals surface area (Å²) in [7, 11) is 0. The SMILES string of the molecule is CCNC(=O)c1ccc(Cn2ccccc2=O)o1. The van der Waals surface area contributed by atoms with Gasteiger partial charge in [-0.15, -0.1) is 0 Å². The number of aromatic nitrogens is 1. The summed E-state index contributed by atoms with van der Waals surface area (Å²) in [6.07, 6.45) is 1.68. The first kappa shape index (κ1) is 12.2. The van der Waals surface area contributed by atoms with Crippen molar-refractivity contribution < 1.29 is 9.21 Å². The van der Waals surface area contributed by atoms with E-state index in [-0.39, 0.29) is 17.2 Å². The van der Waals surface area contributed by atoms with E-state index in [1.54, 1.807) is 30.5 Å². The lowest BCUT2D eigenvalue weighted by Crippen LogP contribution is -2.22. The van der Waals surface area contributed by atoms with E-state index in [0.717, 1.165) is 0 Å². The van der Waals surface area contributed by atoms with Crippen LogP contribution in [0.3, 0.4) is 0 Å². The van der Waals surface area contributed by atoms with Crippen molar-refractivity contribution in [2.24, 2.45) is 0 Å². The molecule has 18 heavy (non-hydrogen) atoms. The van der Waals surface area contributed by atoms with Crippen molar-refractivity contribution in [3.8, 4) is 0 Å². The van der Waals surface area contributed by atoms with Gasteiger partial charge in [0.2, 0.25) is 0 Å². The van der Waals surface area contributed by atoms with Crippen molar-refractivity contribution in [2.45, 2.75) is 13.5 Å². The van der Waals surface area contributed by atoms with E-state index in [2.05, 4.69) is 5.32 Å². The molecule has 5 heteroatoms. The lowest BCUT2D eigenvalue weighted by molar-refractivity contribution is 0.0926. The molecule has 2 aromatic rings. The standard InChI is InChI=1S/C13H14N2O3/c1-2-14-13(17)11-7-6-10(18-11)9-15-8-4-3-5-12(15)16/h3-8H,2,9H2,1H3,(H,14,17). The monoisotopic (exact) mass is 246 g/mol. The number of furan rings is 1. The van der Waals surface area contributed by atoms with Gasteiger partial charge in [-0.2, -0.15) is 0 Å². The normalized spacial score (nSPS) is 10.3. The van der Waals surface area contributed by atoms with Crippen molar-refractivity contribution in [3.63, 3.8) is 0 Å². The number of pyridine rings is 1. The van der Waals surface area contributed by atoms with Crippen LogP contribution in [0, 0.1) is 0 Å². The Hall–Kier alpha value is -2.30. The Bertz CT molecular complexity index is 598. The molecule has 1 N–H and O–H groups in total. The van der Waals surface area contributed by atoms with Gasteiger partial charge < -0.3 is 14.3 Å². The van der Waals surface area contributed by atoms with E-state index in [9.17, 15) is 9.59 Å². The maximum Gasteiger partial charge on any atom is 0.286 e. The molecule has 0 spiro atoms. The van der Waals surface area contributed by atoms with Gasteiger partial charge >= 0.3 is 0 Å². The van der Waals surface area contributed by atoms with E-state index in [0.29, 0.717) is 18.8 Å². The van der Waals surface area contributed by atoms with E-state index in [1.165, 1.54) is 10.6 Å². The second kappa shape index (κ2) is 5.35. The quantitative estimate of drug-likeness (QED) is 0.882. The Morgan fingerprint density at radius 3 is 2.89 bits per heavy atom. The van der Waals surface area contributed by atoms with Crippen molar-refractivity contribution in [1.82, 2.24) is 9.88 Å². The highest BCUT2D eigenvalue weighted by Gasteiger charge is 2.10. The number of hydrogen-bond acceptors (Lipinski definition) is 3. The van der Waals surface area contributed by atoms with Crippen LogP contribution in [0.4, 0.5) is 0 Å². The fraction of sp³-hybridized carbons (Fsp3) is 0.231. The minimum absolute atomic E-state index is 0.103. The predicted octanol–water partition coefficient (Wildman–Crippen LogP) is 1.24. The van der Waals surface area contributed by atoms with E-state index < -0.39 is 0 Å². The molecule has 1 amide bonds. The highest BCUT2D eigenvalue weighted by Crippen LogP contribution is 2.08. The maximum absolute atomic E-state index is 11.5. The molecule has 94 valence electrons. The zero-order valence-corrected chi connectivity index (χ0v) is 10.1. The molecule has 2 aromatic heterocycles. The Kier molecular flexibility index (Phi) is 3.62. The van der Waals surface area contributed by atoms with E-state index >= 15 is 0 Å². The summed E-state index contributed by atoms with van der Waals surface area (Å²) in [5, 5.41) is 2.65. The number of amides is 1. The Morgan fingerprint density at radius 1 is 1.33 bits per heavy atom. The molecule has 0 unspecified atom stereocenters. The fourth-order valence-corrected chi connectivity index (χ4v) is 1.59. The van der Waals surface area contributed by atoms with Gasteiger partial charge in [-0.3, -0.25) is 9.59 Å². The molecule has 0 aromatic carbocycles. The third-order valence-electron chi connectivity index (χ3n) is 2.45. The van der Waals surface area contributed by atoms with Gasteiger partial charge in [0.1, 0.15) is 5.76 Å². The summed E-state index contributed by atoms with van der Waals surface area (Å²) in [5.41, 5.74) is -0.103. The first-order valence-electron chi connectivity index (χ1n) is 5.73. The molecular weight excluding hydrogens is 232 g/mol. The maximum atomic E-state index is 11.5. The van der Waals surface area contributed by atoms with E-state index in [4.69, 9.17) is 4.42 Å². The second-order valence-corrected chi connectivity index (χ2v) is 3.79. The van der Waals surface area contributed by atoms with Crippen LogP contribution in [0.15, 0.2) is 45.7 Å². The minimum Gasteiger partial charge on any atom is -0.454 e. The molecule has 5 nitrogen and oxygen atoms in total. The first-order chi connectivity index (χ1) is 8.70. The average Bonchev–Trinajstić information content (AvgIpc) is 2.81. The molecule has 0 aliphatic rings. The topological polar surface area (TPSA) is 64.2 Å². The van der Waals surface area contributed by atoms with Gasteiger partial charge in [0.25, 0.3) is 11.5 Å². The third kappa shape index (κ3) is 2.68. The highest BCUT2D eigenvalue weighted by molar-refractivity contribution is 5.91. The Morgan fingerprint density at radius 2 is 2.17 bits per heavy atom. The lowest BCUT2D eigenvalue weighted by atomic mass is 10.4. The summed E-state index contributed by atoms with van der Waals surface area (Å²) in [6, 6.07) is 8.24. The van der Waals surface area contributed by atoms with Crippen LogP contribution >= 0.6 is 0 Å². The molecule has 0 fully saturated rings. The number of carbonyl (C=O) groups excluding carboxylic acids is 1. The summed E-state index contributed by atoms with van der Waals surface area (Å²) >= 11 is 0. The molecule has 0 saturated heterocycles. The molecular formula is C13H14N2O3. The number of hydrogen-bond donors (Lipinski definition) is 1. The summed E-state index contributed by atoms with van der Waals surface area (Å²) < 4.78 is 6.90. The smallest absolute Gasteiger partial charge is 0.286 e. The van der Waals surface area contributed by atoms with E-state index in [1.807, 2.05) is 6.92 Å². The Labute approximate surface area is 104 Å². The zero-order valence-electron chi connectivity index (χ0n) is 10.1. The highest BCUT2D eigenvalue weighted by atomic mass is 16.4. The van der Waals surface area contributed by atoms with Gasteiger partial charge in [0.05, 0.1) is 6.54 Å².